The van der Waals surface area contributed by atoms with E-state index in [0.29, 0.717) is 6.92 Å². The van der Waals surface area contributed by atoms with Crippen molar-refractivity contribution in [1.29, 1.82) is 0 Å². The summed E-state index contributed by atoms with van der Waals surface area (Å²) in [6.45, 7) is 0.529. The van der Waals surface area contributed by atoms with Gasteiger partial charge in [-0.05, 0) is 12.5 Å². The van der Waals surface area contributed by atoms with Crippen LogP contribution in [0.2, 0.25) is 0 Å². The summed E-state index contributed by atoms with van der Waals surface area (Å²) < 4.78 is 42.6. The van der Waals surface area contributed by atoms with Crippen molar-refractivity contribution in [2.45, 2.75) is 24.7 Å². The van der Waals surface area contributed by atoms with Crippen molar-refractivity contribution in [3.8, 4) is 0 Å². The molecule has 1 aromatic carbocycles. The Morgan fingerprint density at radius 1 is 1.24 bits per heavy atom. The topological polar surface area (TPSA) is 81.4 Å². The van der Waals surface area contributed by atoms with E-state index in [1.165, 1.54) is 12.1 Å². The second-order valence-corrected chi connectivity index (χ2v) is 4.54. The summed E-state index contributed by atoms with van der Waals surface area (Å²) >= 11 is 0. The number of alkyl halides is 3. The molecule has 2 atom stereocenters. The molecule has 1 rings (SSSR count). The highest BCUT2D eigenvalue weighted by Gasteiger charge is 2.54. The third-order valence-electron chi connectivity index (χ3n) is 2.91. The number of hydrogen-bond donors (Lipinski definition) is 2. The summed E-state index contributed by atoms with van der Waals surface area (Å²) in [6.07, 6.45) is -4.95. The minimum absolute atomic E-state index is 0.288. The van der Waals surface area contributed by atoms with Crippen LogP contribution in [0.3, 0.4) is 0 Å². The number of nitrogens with two attached hydrogens (primary N) is 1. The number of rotatable bonds is 4. The molecule has 1 amide bonds. The Morgan fingerprint density at radius 2 is 1.76 bits per heavy atom. The van der Waals surface area contributed by atoms with Gasteiger partial charge < -0.3 is 15.8 Å². The van der Waals surface area contributed by atoms with E-state index in [1.807, 2.05) is 5.32 Å². The minimum atomic E-state index is -4.95. The van der Waals surface area contributed by atoms with Gasteiger partial charge in [-0.15, -0.1) is 0 Å². The van der Waals surface area contributed by atoms with E-state index in [2.05, 4.69) is 4.74 Å². The van der Waals surface area contributed by atoms with Crippen LogP contribution in [0.25, 0.3) is 0 Å². The van der Waals surface area contributed by atoms with Crippen LogP contribution in [0.15, 0.2) is 30.3 Å². The Bertz CT molecular complexity index is 515. The third-order valence-corrected chi connectivity index (χ3v) is 2.91. The smallest absolute Gasteiger partial charge is 0.415 e. The number of nitrogens with one attached hydrogen (secondary N) is 1. The Balaban J connectivity index is 3.04. The minimum Gasteiger partial charge on any atom is -0.467 e. The van der Waals surface area contributed by atoms with Gasteiger partial charge in [0.25, 0.3) is 0 Å². The van der Waals surface area contributed by atoms with Crippen LogP contribution in [-0.2, 0) is 14.3 Å². The molecule has 0 aliphatic carbocycles. The van der Waals surface area contributed by atoms with Crippen LogP contribution in [0.5, 0.6) is 0 Å². The second kappa shape index (κ2) is 6.13. The number of esters is 1. The highest BCUT2D eigenvalue weighted by atomic mass is 19.4. The van der Waals surface area contributed by atoms with Crippen molar-refractivity contribution in [2.24, 2.45) is 5.73 Å². The Morgan fingerprint density at radius 3 is 2.19 bits per heavy atom. The number of methoxy groups -OCH3 is 1. The average Bonchev–Trinajstić information content (AvgIpc) is 2.43. The molecule has 0 saturated heterocycles. The Labute approximate surface area is 119 Å². The molecule has 0 bridgehead atoms. The lowest BCUT2D eigenvalue weighted by Crippen LogP contribution is -2.62. The van der Waals surface area contributed by atoms with Gasteiger partial charge in [0.15, 0.2) is 11.6 Å². The van der Waals surface area contributed by atoms with Crippen molar-refractivity contribution in [1.82, 2.24) is 5.32 Å². The fraction of sp³-hybridized carbons (Fsp3) is 0.385. The summed E-state index contributed by atoms with van der Waals surface area (Å²) in [6, 6.07) is 6.38. The average molecular weight is 304 g/mol. The molecule has 0 spiro atoms. The number of halogens is 3. The second-order valence-electron chi connectivity index (χ2n) is 4.54. The summed E-state index contributed by atoms with van der Waals surface area (Å²) in [4.78, 5) is 23.4. The first-order chi connectivity index (χ1) is 9.61. The largest absolute Gasteiger partial charge is 0.467 e. The van der Waals surface area contributed by atoms with Gasteiger partial charge in [0, 0.05) is 0 Å². The van der Waals surface area contributed by atoms with E-state index in [0.717, 1.165) is 7.11 Å². The van der Waals surface area contributed by atoms with Crippen LogP contribution < -0.4 is 11.1 Å². The van der Waals surface area contributed by atoms with E-state index in [4.69, 9.17) is 5.73 Å². The van der Waals surface area contributed by atoms with Gasteiger partial charge in [-0.3, -0.25) is 4.79 Å². The lowest BCUT2D eigenvalue weighted by atomic mass is 10.00. The summed E-state index contributed by atoms with van der Waals surface area (Å²) in [5.74, 6) is -2.42. The van der Waals surface area contributed by atoms with Crippen molar-refractivity contribution >= 4 is 11.9 Å². The molecule has 21 heavy (non-hydrogen) atoms. The molecule has 0 fully saturated rings. The zero-order valence-electron chi connectivity index (χ0n) is 11.4. The molecule has 116 valence electrons. The number of carbonyl (C=O) groups is 2. The first kappa shape index (κ1) is 17.0. The van der Waals surface area contributed by atoms with Gasteiger partial charge in [0.2, 0.25) is 5.91 Å². The molecule has 0 aliphatic heterocycles. The highest BCUT2D eigenvalue weighted by molar-refractivity contribution is 5.91. The lowest BCUT2D eigenvalue weighted by Gasteiger charge is -2.28. The molecule has 0 radical (unpaired) electrons. The molecule has 2 unspecified atom stereocenters. The zero-order chi connectivity index (χ0) is 16.3. The molecule has 0 heterocycles. The molecule has 0 aromatic heterocycles. The van der Waals surface area contributed by atoms with Crippen LogP contribution in [0.1, 0.15) is 18.5 Å². The summed E-state index contributed by atoms with van der Waals surface area (Å²) in [7, 11) is 1.07. The van der Waals surface area contributed by atoms with Crippen molar-refractivity contribution in [2.75, 3.05) is 7.11 Å². The normalized spacial score (nSPS) is 15.7. The Hall–Kier alpha value is -2.09. The van der Waals surface area contributed by atoms with Crippen LogP contribution in [0, 0.1) is 0 Å². The SMILES string of the molecule is COC(=O)C(NC(=O)C(C)(N)C(F)(F)F)c1ccccc1. The third kappa shape index (κ3) is 3.72. The van der Waals surface area contributed by atoms with Gasteiger partial charge in [-0.1, -0.05) is 30.3 Å². The Kier molecular flexibility index (Phi) is 4.95. The number of amides is 1. The van der Waals surface area contributed by atoms with E-state index >= 15 is 0 Å². The van der Waals surface area contributed by atoms with E-state index in [-0.39, 0.29) is 5.56 Å². The van der Waals surface area contributed by atoms with Gasteiger partial charge in [0.1, 0.15) is 0 Å². The first-order valence-electron chi connectivity index (χ1n) is 5.90. The highest BCUT2D eigenvalue weighted by Crippen LogP contribution is 2.29. The zero-order valence-corrected chi connectivity index (χ0v) is 11.4. The van der Waals surface area contributed by atoms with Gasteiger partial charge in [0.05, 0.1) is 7.11 Å². The standard InChI is InChI=1S/C13H15F3N2O3/c1-12(17,13(14,15)16)11(20)18-9(10(19)21-2)8-6-4-3-5-7-8/h3-7,9H,17H2,1-2H3,(H,18,20). The quantitative estimate of drug-likeness (QED) is 0.822. The maximum absolute atomic E-state index is 12.7. The molecule has 3 N–H and O–H groups in total. The number of hydrogen-bond acceptors (Lipinski definition) is 4. The van der Waals surface area contributed by atoms with Gasteiger partial charge in [-0.2, -0.15) is 13.2 Å². The van der Waals surface area contributed by atoms with Crippen molar-refractivity contribution in [3.05, 3.63) is 35.9 Å². The summed E-state index contributed by atoms with van der Waals surface area (Å²) in [5.41, 5.74) is 2.19. The predicted molar refractivity (Wildman–Crippen MR) is 68.0 cm³/mol. The van der Waals surface area contributed by atoms with Crippen LogP contribution in [0.4, 0.5) is 13.2 Å². The lowest BCUT2D eigenvalue weighted by molar-refractivity contribution is -0.188. The maximum Gasteiger partial charge on any atom is 0.415 e. The molecular formula is C13H15F3N2O3. The van der Waals surface area contributed by atoms with Crippen molar-refractivity contribution < 1.29 is 27.5 Å². The molecule has 0 aliphatic rings. The molecule has 0 saturated carbocycles. The first-order valence-corrected chi connectivity index (χ1v) is 5.90. The fourth-order valence-corrected chi connectivity index (χ4v) is 1.45. The number of ether oxygens (including phenoxy) is 1. The molecule has 1 aromatic rings. The molecule has 8 heteroatoms. The molecule has 5 nitrogen and oxygen atoms in total. The van der Waals surface area contributed by atoms with Gasteiger partial charge in [-0.25, -0.2) is 4.79 Å². The van der Waals surface area contributed by atoms with Crippen LogP contribution in [-0.4, -0.2) is 30.7 Å². The van der Waals surface area contributed by atoms with Crippen molar-refractivity contribution in [3.63, 3.8) is 0 Å². The number of carbonyl (C=O) groups excluding carboxylic acids is 2. The van der Waals surface area contributed by atoms with E-state index in [9.17, 15) is 22.8 Å². The monoisotopic (exact) mass is 304 g/mol. The van der Waals surface area contributed by atoms with Crippen LogP contribution >= 0.6 is 0 Å². The maximum atomic E-state index is 12.7. The van der Waals surface area contributed by atoms with E-state index < -0.39 is 29.6 Å². The number of benzene rings is 1. The van der Waals surface area contributed by atoms with E-state index in [1.54, 1.807) is 18.2 Å². The van der Waals surface area contributed by atoms with Gasteiger partial charge >= 0.3 is 12.1 Å². The predicted octanol–water partition coefficient (Wildman–Crippen LogP) is 1.30. The molecular weight excluding hydrogens is 289 g/mol. The summed E-state index contributed by atoms with van der Waals surface area (Å²) in [5, 5.41) is 1.97. The fourth-order valence-electron chi connectivity index (χ4n) is 1.45.